The fourth-order valence-electron chi connectivity index (χ4n) is 1.03. The second-order valence-electron chi connectivity index (χ2n) is 5.38. The average Bonchev–Trinajstić information content (AvgIpc) is 2.13. The Bertz CT molecular complexity index is 358. The second-order valence-corrected chi connectivity index (χ2v) is 5.38. The predicted molar refractivity (Wildman–Crippen MR) is 65.4 cm³/mol. The molecule has 0 aliphatic heterocycles. The molecule has 0 saturated carbocycles. The summed E-state index contributed by atoms with van der Waals surface area (Å²) in [5.74, 6) is -2.65. The lowest BCUT2D eigenvalue weighted by atomic mass is 9.74. The SMILES string of the molecule is CC(C)(N)C(C)(C)C(=O)N[C@@H](CC(N)=O)C(=O)O. The van der Waals surface area contributed by atoms with E-state index >= 15 is 0 Å². The lowest BCUT2D eigenvalue weighted by Crippen LogP contribution is -2.58. The van der Waals surface area contributed by atoms with Gasteiger partial charge < -0.3 is 21.9 Å². The molecule has 104 valence electrons. The number of aliphatic carboxylic acids is 1. The fraction of sp³-hybridized carbons (Fsp3) is 0.727. The average molecular weight is 259 g/mol. The molecule has 0 aromatic rings. The quantitative estimate of drug-likeness (QED) is 0.495. The van der Waals surface area contributed by atoms with Crippen LogP contribution in [0.5, 0.6) is 0 Å². The van der Waals surface area contributed by atoms with Gasteiger partial charge in [-0.3, -0.25) is 9.59 Å². The molecule has 18 heavy (non-hydrogen) atoms. The molecule has 1 atom stereocenters. The Morgan fingerprint density at radius 2 is 1.67 bits per heavy atom. The number of nitrogens with two attached hydrogens (primary N) is 2. The smallest absolute Gasteiger partial charge is 0.326 e. The van der Waals surface area contributed by atoms with Crippen LogP contribution < -0.4 is 16.8 Å². The van der Waals surface area contributed by atoms with Gasteiger partial charge in [0.15, 0.2) is 0 Å². The maximum absolute atomic E-state index is 12.0. The van der Waals surface area contributed by atoms with Crippen molar-refractivity contribution in [3.05, 3.63) is 0 Å². The summed E-state index contributed by atoms with van der Waals surface area (Å²) in [7, 11) is 0. The van der Waals surface area contributed by atoms with Crippen molar-refractivity contribution in [2.75, 3.05) is 0 Å². The highest BCUT2D eigenvalue weighted by molar-refractivity contribution is 5.90. The first-order valence-electron chi connectivity index (χ1n) is 5.50. The van der Waals surface area contributed by atoms with E-state index in [1.165, 1.54) is 0 Å². The van der Waals surface area contributed by atoms with Crippen molar-refractivity contribution in [1.82, 2.24) is 5.32 Å². The van der Waals surface area contributed by atoms with E-state index in [2.05, 4.69) is 5.32 Å². The molecule has 0 aromatic heterocycles. The van der Waals surface area contributed by atoms with Gasteiger partial charge in [-0.25, -0.2) is 4.79 Å². The second kappa shape index (κ2) is 5.34. The van der Waals surface area contributed by atoms with E-state index < -0.39 is 41.2 Å². The Kier molecular flexibility index (Phi) is 4.86. The predicted octanol–water partition coefficient (Wildman–Crippen LogP) is -0.805. The zero-order valence-corrected chi connectivity index (χ0v) is 11.1. The molecular formula is C11H21N3O4. The first-order valence-corrected chi connectivity index (χ1v) is 5.50. The van der Waals surface area contributed by atoms with E-state index in [1.54, 1.807) is 27.7 Å². The summed E-state index contributed by atoms with van der Waals surface area (Å²) in [4.78, 5) is 33.6. The van der Waals surface area contributed by atoms with E-state index in [1.807, 2.05) is 0 Å². The molecule has 0 heterocycles. The molecule has 0 radical (unpaired) electrons. The first kappa shape index (κ1) is 16.4. The number of nitrogens with one attached hydrogen (secondary N) is 1. The van der Waals surface area contributed by atoms with Crippen LogP contribution in [0.3, 0.4) is 0 Å². The minimum Gasteiger partial charge on any atom is -0.480 e. The Morgan fingerprint density at radius 1 is 1.22 bits per heavy atom. The van der Waals surface area contributed by atoms with Gasteiger partial charge in [-0.2, -0.15) is 0 Å². The number of hydrogen-bond acceptors (Lipinski definition) is 4. The number of rotatable bonds is 6. The van der Waals surface area contributed by atoms with Crippen LogP contribution in [0, 0.1) is 5.41 Å². The van der Waals surface area contributed by atoms with Gasteiger partial charge in [0.25, 0.3) is 0 Å². The molecule has 0 rings (SSSR count). The highest BCUT2D eigenvalue weighted by Gasteiger charge is 2.41. The molecule has 0 bridgehead atoms. The van der Waals surface area contributed by atoms with E-state index in [0.29, 0.717) is 0 Å². The summed E-state index contributed by atoms with van der Waals surface area (Å²) in [6, 6.07) is -1.34. The van der Waals surface area contributed by atoms with Crippen LogP contribution in [0.4, 0.5) is 0 Å². The van der Waals surface area contributed by atoms with Gasteiger partial charge in [0.05, 0.1) is 11.8 Å². The van der Waals surface area contributed by atoms with Crippen molar-refractivity contribution >= 4 is 17.8 Å². The van der Waals surface area contributed by atoms with Gasteiger partial charge in [-0.1, -0.05) is 0 Å². The number of carbonyl (C=O) groups is 3. The van der Waals surface area contributed by atoms with Crippen molar-refractivity contribution in [3.8, 4) is 0 Å². The van der Waals surface area contributed by atoms with E-state index in [9.17, 15) is 14.4 Å². The molecule has 7 nitrogen and oxygen atoms in total. The highest BCUT2D eigenvalue weighted by Crippen LogP contribution is 2.28. The Labute approximate surface area is 106 Å². The third-order valence-electron chi connectivity index (χ3n) is 3.19. The van der Waals surface area contributed by atoms with Crippen molar-refractivity contribution in [1.29, 1.82) is 0 Å². The Morgan fingerprint density at radius 3 is 1.94 bits per heavy atom. The van der Waals surface area contributed by atoms with Crippen molar-refractivity contribution < 1.29 is 19.5 Å². The largest absolute Gasteiger partial charge is 0.480 e. The number of primary amides is 1. The lowest BCUT2D eigenvalue weighted by molar-refractivity contribution is -0.145. The zero-order chi connectivity index (χ0) is 14.7. The maximum atomic E-state index is 12.0. The van der Waals surface area contributed by atoms with Crippen LogP contribution in [0.15, 0.2) is 0 Å². The van der Waals surface area contributed by atoms with Crippen LogP contribution >= 0.6 is 0 Å². The number of carbonyl (C=O) groups excluding carboxylic acids is 2. The minimum absolute atomic E-state index is 0.456. The van der Waals surface area contributed by atoms with E-state index in [4.69, 9.17) is 16.6 Å². The zero-order valence-electron chi connectivity index (χ0n) is 11.1. The van der Waals surface area contributed by atoms with Crippen molar-refractivity contribution in [2.45, 2.75) is 45.7 Å². The molecule has 0 aliphatic rings. The number of amides is 2. The van der Waals surface area contributed by atoms with Gasteiger partial charge in [0, 0.05) is 5.54 Å². The van der Waals surface area contributed by atoms with Crippen LogP contribution in [-0.4, -0.2) is 34.5 Å². The highest BCUT2D eigenvalue weighted by atomic mass is 16.4. The van der Waals surface area contributed by atoms with Crippen LogP contribution in [0.1, 0.15) is 34.1 Å². The van der Waals surface area contributed by atoms with Gasteiger partial charge in [-0.05, 0) is 27.7 Å². The maximum Gasteiger partial charge on any atom is 0.326 e. The van der Waals surface area contributed by atoms with Gasteiger partial charge >= 0.3 is 5.97 Å². The number of hydrogen-bond donors (Lipinski definition) is 4. The molecule has 0 spiro atoms. The molecule has 0 saturated heterocycles. The minimum atomic E-state index is -1.34. The monoisotopic (exact) mass is 259 g/mol. The first-order chi connectivity index (χ1) is 7.89. The fourth-order valence-corrected chi connectivity index (χ4v) is 1.03. The van der Waals surface area contributed by atoms with Crippen molar-refractivity contribution in [3.63, 3.8) is 0 Å². The van der Waals surface area contributed by atoms with Crippen molar-refractivity contribution in [2.24, 2.45) is 16.9 Å². The molecule has 6 N–H and O–H groups in total. The molecule has 7 heteroatoms. The summed E-state index contributed by atoms with van der Waals surface area (Å²) >= 11 is 0. The number of carboxylic acid groups (broad SMARTS) is 1. The van der Waals surface area contributed by atoms with Crippen LogP contribution in [-0.2, 0) is 14.4 Å². The van der Waals surface area contributed by atoms with E-state index in [-0.39, 0.29) is 0 Å². The third-order valence-corrected chi connectivity index (χ3v) is 3.19. The van der Waals surface area contributed by atoms with Crippen LogP contribution in [0.25, 0.3) is 0 Å². The van der Waals surface area contributed by atoms with Gasteiger partial charge in [-0.15, -0.1) is 0 Å². The van der Waals surface area contributed by atoms with E-state index in [0.717, 1.165) is 0 Å². The standard InChI is InChI=1S/C11H21N3O4/c1-10(2,11(3,4)13)9(18)14-6(8(16)17)5-7(12)15/h6H,5,13H2,1-4H3,(H2,12,15)(H,14,18)(H,16,17)/t6-/m0/s1. The summed E-state index contributed by atoms with van der Waals surface area (Å²) in [5, 5.41) is 11.2. The summed E-state index contributed by atoms with van der Waals surface area (Å²) in [6.45, 7) is 6.53. The molecule has 0 aromatic carbocycles. The molecule has 0 fully saturated rings. The summed E-state index contributed by atoms with van der Waals surface area (Å²) < 4.78 is 0. The molecular weight excluding hydrogens is 238 g/mol. The lowest BCUT2D eigenvalue weighted by Gasteiger charge is -2.37. The normalized spacial score (nSPS) is 13.8. The van der Waals surface area contributed by atoms with Crippen LogP contribution in [0.2, 0.25) is 0 Å². The third kappa shape index (κ3) is 3.99. The van der Waals surface area contributed by atoms with Gasteiger partial charge in [0.2, 0.25) is 11.8 Å². The molecule has 2 amide bonds. The number of carboxylic acids is 1. The molecule has 0 unspecified atom stereocenters. The molecule has 0 aliphatic carbocycles. The Balaban J connectivity index is 4.91. The van der Waals surface area contributed by atoms with Gasteiger partial charge in [0.1, 0.15) is 6.04 Å². The summed E-state index contributed by atoms with van der Waals surface area (Å²) in [5.41, 5.74) is 8.96. The Hall–Kier alpha value is -1.63. The topological polar surface area (TPSA) is 136 Å². The summed E-state index contributed by atoms with van der Waals surface area (Å²) in [6.07, 6.45) is -0.456.